The lowest BCUT2D eigenvalue weighted by Crippen LogP contribution is -2.57. The molecule has 23 heteroatoms. The summed E-state index contributed by atoms with van der Waals surface area (Å²) in [5.74, 6) is -2.89. The van der Waals surface area contributed by atoms with Crippen LogP contribution in [0.3, 0.4) is 0 Å². The normalized spacial score (nSPS) is 20.3. The van der Waals surface area contributed by atoms with Crippen LogP contribution in [0.5, 0.6) is 0 Å². The van der Waals surface area contributed by atoms with Crippen molar-refractivity contribution in [3.63, 3.8) is 0 Å². The third kappa shape index (κ3) is 12.7. The van der Waals surface area contributed by atoms with Gasteiger partial charge in [0.15, 0.2) is 5.82 Å². The van der Waals surface area contributed by atoms with E-state index in [9.17, 15) is 32.6 Å². The summed E-state index contributed by atoms with van der Waals surface area (Å²) >= 11 is -1.46. The van der Waals surface area contributed by atoms with Gasteiger partial charge in [-0.3, -0.25) is 23.5 Å². The molecular weight excluding hydrogens is 1110 g/mol. The van der Waals surface area contributed by atoms with E-state index >= 15 is 8.78 Å². The molecule has 4 fully saturated rings. The number of benzene rings is 3. The Kier molecular flexibility index (Phi) is 17.0. The van der Waals surface area contributed by atoms with Crippen LogP contribution in [0.15, 0.2) is 90.8 Å². The molecule has 4 N–H and O–H groups in total. The van der Waals surface area contributed by atoms with Crippen LogP contribution < -0.4 is 14.6 Å². The van der Waals surface area contributed by atoms with Crippen LogP contribution in [0.25, 0.3) is 32.6 Å². The number of fused-ring (bicyclic) bond motifs is 1. The number of anilines is 2. The van der Waals surface area contributed by atoms with Crippen molar-refractivity contribution in [2.75, 3.05) is 81.3 Å². The van der Waals surface area contributed by atoms with Crippen LogP contribution in [0.2, 0.25) is 0 Å². The summed E-state index contributed by atoms with van der Waals surface area (Å²) in [4.78, 5) is 71.8. The van der Waals surface area contributed by atoms with Crippen molar-refractivity contribution >= 4 is 62.6 Å². The zero-order valence-electron chi connectivity index (χ0n) is 46.8. The van der Waals surface area contributed by atoms with E-state index in [0.717, 1.165) is 114 Å². The van der Waals surface area contributed by atoms with E-state index < -0.39 is 69.7 Å². The number of piperidine rings is 1. The first-order valence-electron chi connectivity index (χ1n) is 28.2. The van der Waals surface area contributed by atoms with Crippen LogP contribution in [0.4, 0.5) is 24.5 Å². The average Bonchev–Trinajstić information content (AvgIpc) is 4.27. The van der Waals surface area contributed by atoms with Gasteiger partial charge >= 0.3 is 0 Å². The van der Waals surface area contributed by atoms with Gasteiger partial charge in [0.25, 0.3) is 0 Å². The average molecular weight is 1170 g/mol. The maximum absolute atomic E-state index is 16.1. The Hall–Kier alpha value is -6.86. The maximum Gasteiger partial charge on any atom is 0.246 e. The Morgan fingerprint density at radius 1 is 0.892 bits per heavy atom. The number of nitrogens with one attached hydrogen (secondary N) is 3. The Morgan fingerprint density at radius 3 is 2.29 bits per heavy atom. The maximum atomic E-state index is 16.1. The molecule has 4 aromatic heterocycles. The molecule has 7 aromatic rings. The molecule has 0 spiro atoms. The minimum absolute atomic E-state index is 0.0100. The number of carbonyl (C=O) groups is 3. The number of alkyl halides is 1. The number of aryl methyl sites for hydroxylation is 1. The minimum atomic E-state index is -3.08. The molecule has 0 saturated carbocycles. The van der Waals surface area contributed by atoms with Crippen LogP contribution in [-0.2, 0) is 27.3 Å². The van der Waals surface area contributed by atoms with Gasteiger partial charge in [-0.05, 0) is 84.5 Å². The van der Waals surface area contributed by atoms with Crippen molar-refractivity contribution in [3.8, 4) is 21.6 Å². The lowest BCUT2D eigenvalue weighted by Gasteiger charge is -2.39. The van der Waals surface area contributed by atoms with Crippen LogP contribution >= 0.6 is 11.3 Å². The van der Waals surface area contributed by atoms with Gasteiger partial charge in [-0.15, -0.1) is 11.3 Å². The number of hydrazine groups is 1. The molecule has 3 aromatic carbocycles. The summed E-state index contributed by atoms with van der Waals surface area (Å²) in [6.45, 7) is 13.7. The molecule has 2 amide bonds. The van der Waals surface area contributed by atoms with Crippen molar-refractivity contribution in [1.82, 2.24) is 49.9 Å². The highest BCUT2D eigenvalue weighted by molar-refractivity contribution is 7.80. The van der Waals surface area contributed by atoms with Gasteiger partial charge < -0.3 is 39.6 Å². The molecule has 4 saturated heterocycles. The minimum Gasteiger partial charge on any atom is -0.754 e. The van der Waals surface area contributed by atoms with Crippen LogP contribution in [0, 0.1) is 29.9 Å². The monoisotopic (exact) mass is 1170 g/mol. The highest BCUT2D eigenvalue weighted by atomic mass is 32.2. The largest absolute Gasteiger partial charge is 0.754 e. The number of piperazine rings is 1. The molecule has 1 unspecified atom stereocenters. The van der Waals surface area contributed by atoms with Gasteiger partial charge in [0.1, 0.15) is 35.2 Å². The number of ketones is 1. The number of amides is 2. The summed E-state index contributed by atoms with van der Waals surface area (Å²) in [5, 5.41) is 15.4. The highest BCUT2D eigenvalue weighted by Crippen LogP contribution is 2.37. The number of H-pyrrole nitrogens is 2. The summed E-state index contributed by atoms with van der Waals surface area (Å²) in [6, 6.07) is 18.6. The summed E-state index contributed by atoms with van der Waals surface area (Å²) in [7, 11) is 0. The molecule has 0 aliphatic carbocycles. The number of likely N-dealkylation sites (tertiary alicyclic amines) is 1. The molecular formula is C60H68F3N12O6S2-. The molecule has 4 aliphatic heterocycles. The topological polar surface area (TPSA) is 213 Å². The first kappa shape index (κ1) is 57.9. The molecule has 4 aliphatic rings. The fourth-order valence-corrected chi connectivity index (χ4v) is 13.5. The lowest BCUT2D eigenvalue weighted by atomic mass is 9.85. The predicted octanol–water partition coefficient (Wildman–Crippen LogP) is 7.74. The number of halogens is 3. The second kappa shape index (κ2) is 24.4. The Balaban J connectivity index is 0.645. The Labute approximate surface area is 486 Å². The smallest absolute Gasteiger partial charge is 0.246 e. The van der Waals surface area contributed by atoms with E-state index in [2.05, 4.69) is 69.2 Å². The number of hydrogen-bond donors (Lipinski definition) is 4. The van der Waals surface area contributed by atoms with E-state index in [-0.39, 0.29) is 50.0 Å². The number of aromatic nitrogens is 5. The lowest BCUT2D eigenvalue weighted by molar-refractivity contribution is -0.141. The Morgan fingerprint density at radius 2 is 1.61 bits per heavy atom. The molecule has 11 rings (SSSR count). The zero-order chi connectivity index (χ0) is 58.3. The third-order valence-electron chi connectivity index (χ3n) is 16.6. The summed E-state index contributed by atoms with van der Waals surface area (Å²) in [6.07, 6.45) is 5.75. The summed E-state index contributed by atoms with van der Waals surface area (Å²) < 4.78 is 70.5. The third-order valence-corrected chi connectivity index (χ3v) is 18.3. The van der Waals surface area contributed by atoms with Crippen molar-refractivity contribution in [2.45, 2.75) is 84.2 Å². The van der Waals surface area contributed by atoms with E-state index in [1.807, 2.05) is 57.5 Å². The summed E-state index contributed by atoms with van der Waals surface area (Å²) in [5.41, 5.74) is 6.69. The number of carbonyl (C=O) groups excluding carboxylic acids is 3. The number of imidazole rings is 1. The molecule has 8 heterocycles. The molecule has 83 heavy (non-hydrogen) atoms. The number of rotatable bonds is 17. The molecule has 0 radical (unpaired) electrons. The van der Waals surface area contributed by atoms with Gasteiger partial charge in [-0.25, -0.2) is 37.5 Å². The van der Waals surface area contributed by atoms with Crippen LogP contribution in [0.1, 0.15) is 91.2 Å². The van der Waals surface area contributed by atoms with Gasteiger partial charge in [-0.1, -0.05) is 57.2 Å². The quantitative estimate of drug-likeness (QED) is 0.0508. The van der Waals surface area contributed by atoms with Crippen molar-refractivity contribution in [3.05, 3.63) is 136 Å². The standard InChI is InChI=1S/C60H69F3N12O6S2/c1-36-55(82-35-67-36)40-7-5-37(6-8-40)25-43-29-65-58(68-43)50-27-45(76)33-74(50)59(79)56(60(2,3)4)69-51(77)34-71-23-21-70(22-24-71)31-38-15-18-72(19-16-38)44-11-9-39(10-12-44)41-26-46-47(30-66-57(46)64-28-41)54(78)52-48(62)13-14-49(53(52)63)75(83(80)81)73-20-17-42(61)32-73/h5-14,26,28-30,35,38,42,45,50,56,76H,15-25,27,31-34H2,1-4H3,(H,64,66)(H,65,68)(H,69,77)(H,80,81)/p-1/t42-,45-,50+,56-/m1/s1. The van der Waals surface area contributed by atoms with Crippen LogP contribution in [-0.4, -0.2) is 166 Å². The number of nitrogens with zero attached hydrogens (tertiary/aromatic N) is 9. The van der Waals surface area contributed by atoms with E-state index in [1.54, 1.807) is 34.7 Å². The first-order valence-corrected chi connectivity index (χ1v) is 30.2. The van der Waals surface area contributed by atoms with Crippen molar-refractivity contribution in [1.29, 1.82) is 0 Å². The second-order valence-electron chi connectivity index (χ2n) is 23.4. The van der Waals surface area contributed by atoms with Crippen molar-refractivity contribution < 1.29 is 41.4 Å². The fourth-order valence-electron chi connectivity index (χ4n) is 12.1. The van der Waals surface area contributed by atoms with Gasteiger partial charge in [-0.2, -0.15) is 0 Å². The number of hydrogen-bond acceptors (Lipinski definition) is 14. The fraction of sp³-hybridized carbons (Fsp3) is 0.433. The number of aliphatic hydroxyl groups excluding tert-OH is 1. The van der Waals surface area contributed by atoms with Crippen molar-refractivity contribution in [2.24, 2.45) is 11.3 Å². The van der Waals surface area contributed by atoms with Gasteiger partial charge in [0, 0.05) is 118 Å². The van der Waals surface area contributed by atoms with Gasteiger partial charge in [0.05, 0.1) is 58.1 Å². The zero-order valence-corrected chi connectivity index (χ0v) is 48.5. The van der Waals surface area contributed by atoms with Gasteiger partial charge in [0.2, 0.25) is 17.6 Å². The number of aromatic amines is 2. The second-order valence-corrected chi connectivity index (χ2v) is 25.1. The molecule has 0 bridgehead atoms. The number of β-amino-alcohol motifs (C(OH)–C–C–N with tert-alkyl or cyclic N) is 1. The SMILES string of the molecule is Cc1ncsc1-c1ccc(Cc2cnc([C@@H]3C[C@@H](O)CN3C(=O)[C@@H](NC(=O)CN3CCN(CC4CCN(c5ccc(-c6cnc7[nH]cc(C(=O)c8c(F)ccc(N(N9CC[C@@H](F)C9)S(=O)[O-])c8F)c7c6)cc5)CC4)CC3)C(C)(C)C)[nH]2)cc1. The number of pyridine rings is 1. The molecule has 5 atom stereocenters. The van der Waals surface area contributed by atoms with E-state index in [1.165, 1.54) is 6.20 Å². The highest BCUT2D eigenvalue weighted by Gasteiger charge is 2.44. The Bertz CT molecular complexity index is 3500. The van der Waals surface area contributed by atoms with E-state index in [0.29, 0.717) is 45.6 Å². The van der Waals surface area contributed by atoms with E-state index in [4.69, 9.17) is 0 Å². The molecule has 438 valence electrons. The number of thiazole rings is 1. The molecule has 18 nitrogen and oxygen atoms in total. The first-order chi connectivity index (χ1) is 39.8. The number of aliphatic hydroxyl groups is 1. The predicted molar refractivity (Wildman–Crippen MR) is 312 cm³/mol.